The second kappa shape index (κ2) is 9.10. The lowest BCUT2D eigenvalue weighted by Gasteiger charge is -2.25. The normalized spacial score (nSPS) is 12.9. The highest BCUT2D eigenvalue weighted by Gasteiger charge is 2.26. The molecule has 6 heteroatoms. The Morgan fingerprint density at radius 1 is 1.25 bits per heavy atom. The molecule has 0 spiro atoms. The van der Waals surface area contributed by atoms with Crippen molar-refractivity contribution in [2.75, 3.05) is 18.6 Å². The quantitative estimate of drug-likeness (QED) is 0.709. The van der Waals surface area contributed by atoms with Gasteiger partial charge in [-0.05, 0) is 45.1 Å². The van der Waals surface area contributed by atoms with Gasteiger partial charge in [-0.1, -0.05) is 13.8 Å². The minimum absolute atomic E-state index is 0.00284. The van der Waals surface area contributed by atoms with Crippen molar-refractivity contribution in [2.45, 2.75) is 52.7 Å². The average Bonchev–Trinajstić information content (AvgIpc) is 2.28. The standard InChI is InChI=1S/C14H28N2O3S/c1-10(2)11(12(17)15-8-7-9-20-6)16-13(18)19-14(3,4)5/h10-11H,7-9H2,1-6H3,(H,15,17)(H,16,18). The van der Waals surface area contributed by atoms with Crippen LogP contribution in [0, 0.1) is 5.92 Å². The van der Waals surface area contributed by atoms with Gasteiger partial charge >= 0.3 is 6.09 Å². The van der Waals surface area contributed by atoms with Gasteiger partial charge in [-0.3, -0.25) is 4.79 Å². The maximum Gasteiger partial charge on any atom is 0.408 e. The van der Waals surface area contributed by atoms with Crippen molar-refractivity contribution in [2.24, 2.45) is 5.92 Å². The van der Waals surface area contributed by atoms with Gasteiger partial charge < -0.3 is 15.4 Å². The molecule has 20 heavy (non-hydrogen) atoms. The van der Waals surface area contributed by atoms with E-state index in [0.29, 0.717) is 6.54 Å². The van der Waals surface area contributed by atoms with Crippen molar-refractivity contribution in [3.8, 4) is 0 Å². The van der Waals surface area contributed by atoms with Crippen LogP contribution in [-0.4, -0.2) is 42.2 Å². The highest BCUT2D eigenvalue weighted by atomic mass is 32.2. The number of thioether (sulfide) groups is 1. The molecule has 0 fully saturated rings. The summed E-state index contributed by atoms with van der Waals surface area (Å²) in [6, 6.07) is -0.570. The molecule has 0 bridgehead atoms. The van der Waals surface area contributed by atoms with E-state index in [-0.39, 0.29) is 11.8 Å². The molecule has 0 saturated carbocycles. The van der Waals surface area contributed by atoms with Gasteiger partial charge in [0.1, 0.15) is 11.6 Å². The van der Waals surface area contributed by atoms with Crippen LogP contribution in [0.5, 0.6) is 0 Å². The van der Waals surface area contributed by atoms with Crippen LogP contribution in [0.2, 0.25) is 0 Å². The van der Waals surface area contributed by atoms with Gasteiger partial charge in [-0.25, -0.2) is 4.79 Å². The molecule has 0 aliphatic rings. The molecule has 0 aromatic heterocycles. The molecule has 118 valence electrons. The Morgan fingerprint density at radius 2 is 1.85 bits per heavy atom. The zero-order chi connectivity index (χ0) is 15.8. The smallest absolute Gasteiger partial charge is 0.408 e. The molecule has 0 radical (unpaired) electrons. The summed E-state index contributed by atoms with van der Waals surface area (Å²) in [7, 11) is 0. The van der Waals surface area contributed by atoms with Crippen molar-refractivity contribution >= 4 is 23.8 Å². The Bertz CT molecular complexity index is 314. The fourth-order valence-electron chi connectivity index (χ4n) is 1.51. The molecule has 2 N–H and O–H groups in total. The van der Waals surface area contributed by atoms with E-state index >= 15 is 0 Å². The largest absolute Gasteiger partial charge is 0.444 e. The van der Waals surface area contributed by atoms with Gasteiger partial charge in [0.2, 0.25) is 5.91 Å². The van der Waals surface area contributed by atoms with Crippen molar-refractivity contribution in [1.29, 1.82) is 0 Å². The predicted octanol–water partition coefficient (Wildman–Crippen LogP) is 2.41. The topological polar surface area (TPSA) is 67.4 Å². The van der Waals surface area contributed by atoms with Gasteiger partial charge in [-0.15, -0.1) is 0 Å². The molecule has 2 amide bonds. The Morgan fingerprint density at radius 3 is 2.30 bits per heavy atom. The molecule has 0 aromatic carbocycles. The fourth-order valence-corrected chi connectivity index (χ4v) is 1.94. The monoisotopic (exact) mass is 304 g/mol. The first-order valence-corrected chi connectivity index (χ1v) is 8.33. The second-order valence-corrected chi connectivity index (χ2v) is 6.99. The molecule has 5 nitrogen and oxygen atoms in total. The van der Waals surface area contributed by atoms with Crippen LogP contribution >= 0.6 is 11.8 Å². The number of ether oxygens (including phenoxy) is 1. The van der Waals surface area contributed by atoms with E-state index in [1.54, 1.807) is 32.5 Å². The maximum absolute atomic E-state index is 12.1. The van der Waals surface area contributed by atoms with E-state index in [1.807, 2.05) is 20.1 Å². The number of hydrogen-bond donors (Lipinski definition) is 2. The predicted molar refractivity (Wildman–Crippen MR) is 84.0 cm³/mol. The summed E-state index contributed by atoms with van der Waals surface area (Å²) < 4.78 is 5.18. The van der Waals surface area contributed by atoms with E-state index in [1.165, 1.54) is 0 Å². The van der Waals surface area contributed by atoms with Crippen molar-refractivity contribution in [1.82, 2.24) is 10.6 Å². The summed E-state index contributed by atoms with van der Waals surface area (Å²) in [5, 5.41) is 5.48. The number of amides is 2. The molecular formula is C14H28N2O3S. The van der Waals surface area contributed by atoms with Crippen molar-refractivity contribution in [3.63, 3.8) is 0 Å². The number of carbonyl (C=O) groups excluding carboxylic acids is 2. The molecular weight excluding hydrogens is 276 g/mol. The molecule has 0 rings (SSSR count). The van der Waals surface area contributed by atoms with Crippen LogP contribution in [0.25, 0.3) is 0 Å². The van der Waals surface area contributed by atoms with Gasteiger partial charge in [0, 0.05) is 6.54 Å². The first-order chi connectivity index (χ1) is 9.17. The number of carbonyl (C=O) groups is 2. The average molecular weight is 304 g/mol. The van der Waals surface area contributed by atoms with Crippen LogP contribution in [0.1, 0.15) is 41.0 Å². The number of rotatable bonds is 7. The third kappa shape index (κ3) is 9.07. The zero-order valence-electron chi connectivity index (χ0n) is 13.4. The molecule has 1 unspecified atom stereocenters. The van der Waals surface area contributed by atoms with Crippen LogP contribution in [-0.2, 0) is 9.53 Å². The second-order valence-electron chi connectivity index (χ2n) is 6.01. The molecule has 0 aliphatic carbocycles. The lowest BCUT2D eigenvalue weighted by atomic mass is 10.0. The highest BCUT2D eigenvalue weighted by Crippen LogP contribution is 2.09. The summed E-state index contributed by atoms with van der Waals surface area (Å²) in [5.41, 5.74) is -0.569. The molecule has 0 aromatic rings. The third-order valence-electron chi connectivity index (χ3n) is 2.45. The zero-order valence-corrected chi connectivity index (χ0v) is 14.2. The Labute approximate surface area is 126 Å². The Hall–Kier alpha value is -0.910. The Kier molecular flexibility index (Phi) is 8.69. The van der Waals surface area contributed by atoms with Gasteiger partial charge in [0.05, 0.1) is 0 Å². The lowest BCUT2D eigenvalue weighted by Crippen LogP contribution is -2.51. The molecule has 0 saturated heterocycles. The third-order valence-corrected chi connectivity index (χ3v) is 3.14. The van der Waals surface area contributed by atoms with Crippen molar-refractivity contribution in [3.05, 3.63) is 0 Å². The first-order valence-electron chi connectivity index (χ1n) is 6.93. The summed E-state index contributed by atoms with van der Waals surface area (Å²) in [6.45, 7) is 9.78. The highest BCUT2D eigenvalue weighted by molar-refractivity contribution is 7.98. The van der Waals surface area contributed by atoms with Crippen LogP contribution in [0.4, 0.5) is 4.79 Å². The van der Waals surface area contributed by atoms with Crippen LogP contribution in [0.15, 0.2) is 0 Å². The Balaban J connectivity index is 4.35. The molecule has 0 aliphatic heterocycles. The van der Waals surface area contributed by atoms with Gasteiger partial charge in [-0.2, -0.15) is 11.8 Å². The molecule has 1 atom stereocenters. The van der Waals surface area contributed by atoms with Gasteiger partial charge in [0.25, 0.3) is 0 Å². The van der Waals surface area contributed by atoms with E-state index in [2.05, 4.69) is 10.6 Å². The SMILES string of the molecule is CSCCCNC(=O)C(NC(=O)OC(C)(C)C)C(C)C. The number of nitrogens with one attached hydrogen (secondary N) is 2. The fraction of sp³-hybridized carbons (Fsp3) is 0.857. The van der Waals surface area contributed by atoms with Gasteiger partial charge in [0.15, 0.2) is 0 Å². The van der Waals surface area contributed by atoms with Crippen molar-refractivity contribution < 1.29 is 14.3 Å². The van der Waals surface area contributed by atoms with E-state index in [0.717, 1.165) is 12.2 Å². The summed E-state index contributed by atoms with van der Waals surface area (Å²) in [6.07, 6.45) is 2.39. The maximum atomic E-state index is 12.1. The van der Waals surface area contributed by atoms with Crippen LogP contribution in [0.3, 0.4) is 0 Å². The van der Waals surface area contributed by atoms with E-state index in [9.17, 15) is 9.59 Å². The minimum atomic E-state index is -0.570. The van der Waals surface area contributed by atoms with Crippen LogP contribution < -0.4 is 10.6 Å². The first kappa shape index (κ1) is 19.1. The number of hydrogen-bond acceptors (Lipinski definition) is 4. The summed E-state index contributed by atoms with van der Waals surface area (Å²) >= 11 is 1.74. The van der Waals surface area contributed by atoms with E-state index < -0.39 is 17.7 Å². The lowest BCUT2D eigenvalue weighted by molar-refractivity contribution is -0.124. The minimum Gasteiger partial charge on any atom is -0.444 e. The molecule has 0 heterocycles. The van der Waals surface area contributed by atoms with E-state index in [4.69, 9.17) is 4.74 Å². The summed E-state index contributed by atoms with van der Waals surface area (Å²) in [4.78, 5) is 23.8. The summed E-state index contributed by atoms with van der Waals surface area (Å²) in [5.74, 6) is 0.849. The number of alkyl carbamates (subject to hydrolysis) is 1.